The maximum absolute atomic E-state index is 13.5. The van der Waals surface area contributed by atoms with E-state index in [9.17, 15) is 18.0 Å². The molecule has 3 rings (SSSR count). The summed E-state index contributed by atoms with van der Waals surface area (Å²) in [5.74, 6) is -0.440. The standard InChI is InChI=1S/C18H23F3N2O.ClH/c1-12(2)23-10-15(17(16(23)24)8-5-9-22-11-17)13-6-3-4-7-14(13)18(19,20)21;/h3-4,6-7,12,15,22H,5,8-11H2,1-2H3;1H. The van der Waals surface area contributed by atoms with Crippen molar-refractivity contribution in [3.63, 3.8) is 0 Å². The van der Waals surface area contributed by atoms with Crippen molar-refractivity contribution in [3.8, 4) is 0 Å². The molecule has 2 aliphatic rings. The maximum Gasteiger partial charge on any atom is 0.416 e. The van der Waals surface area contributed by atoms with Gasteiger partial charge in [0.25, 0.3) is 0 Å². The summed E-state index contributed by atoms with van der Waals surface area (Å²) in [7, 11) is 0. The molecule has 2 fully saturated rings. The molecule has 1 aromatic rings. The number of rotatable bonds is 2. The van der Waals surface area contributed by atoms with Crippen molar-refractivity contribution in [2.75, 3.05) is 19.6 Å². The van der Waals surface area contributed by atoms with Gasteiger partial charge in [0.2, 0.25) is 5.91 Å². The summed E-state index contributed by atoms with van der Waals surface area (Å²) in [6, 6.07) is 5.70. The zero-order chi connectivity index (χ0) is 17.5. The van der Waals surface area contributed by atoms with Crippen molar-refractivity contribution in [3.05, 3.63) is 35.4 Å². The fraction of sp³-hybridized carbons (Fsp3) is 0.611. The van der Waals surface area contributed by atoms with E-state index in [2.05, 4.69) is 5.32 Å². The molecule has 1 N–H and O–H groups in total. The topological polar surface area (TPSA) is 32.3 Å². The molecule has 2 unspecified atom stereocenters. The fourth-order valence-corrected chi connectivity index (χ4v) is 4.20. The van der Waals surface area contributed by atoms with E-state index in [4.69, 9.17) is 0 Å². The second-order valence-electron chi connectivity index (χ2n) is 7.13. The highest BCUT2D eigenvalue weighted by atomic mass is 35.5. The fourth-order valence-electron chi connectivity index (χ4n) is 4.20. The van der Waals surface area contributed by atoms with Crippen molar-refractivity contribution in [2.24, 2.45) is 5.41 Å². The van der Waals surface area contributed by atoms with Gasteiger partial charge < -0.3 is 10.2 Å². The molecule has 0 bridgehead atoms. The zero-order valence-corrected chi connectivity index (χ0v) is 15.2. The van der Waals surface area contributed by atoms with Crippen LogP contribution in [0.3, 0.4) is 0 Å². The van der Waals surface area contributed by atoms with Gasteiger partial charge in [0, 0.05) is 25.0 Å². The number of benzene rings is 1. The van der Waals surface area contributed by atoms with Gasteiger partial charge in [-0.2, -0.15) is 13.2 Å². The second kappa shape index (κ2) is 7.16. The van der Waals surface area contributed by atoms with Crippen molar-refractivity contribution < 1.29 is 18.0 Å². The van der Waals surface area contributed by atoms with Crippen molar-refractivity contribution in [1.29, 1.82) is 0 Å². The van der Waals surface area contributed by atoms with Crippen LogP contribution in [0.1, 0.15) is 43.7 Å². The molecule has 3 nitrogen and oxygen atoms in total. The summed E-state index contributed by atoms with van der Waals surface area (Å²) in [5, 5.41) is 3.24. The van der Waals surface area contributed by atoms with E-state index in [1.807, 2.05) is 13.8 Å². The normalized spacial score (nSPS) is 27.0. The highest BCUT2D eigenvalue weighted by Crippen LogP contribution is 2.51. The molecule has 0 radical (unpaired) electrons. The summed E-state index contributed by atoms with van der Waals surface area (Å²) >= 11 is 0. The van der Waals surface area contributed by atoms with Gasteiger partial charge in [-0.25, -0.2) is 0 Å². The van der Waals surface area contributed by atoms with Crippen molar-refractivity contribution in [1.82, 2.24) is 10.2 Å². The smallest absolute Gasteiger partial charge is 0.339 e. The van der Waals surface area contributed by atoms with Gasteiger partial charge in [-0.15, -0.1) is 12.4 Å². The largest absolute Gasteiger partial charge is 0.416 e. The highest BCUT2D eigenvalue weighted by molar-refractivity contribution is 5.87. The molecule has 140 valence electrons. The maximum atomic E-state index is 13.5. The highest BCUT2D eigenvalue weighted by Gasteiger charge is 2.56. The Morgan fingerprint density at radius 3 is 2.52 bits per heavy atom. The van der Waals surface area contributed by atoms with E-state index >= 15 is 0 Å². The van der Waals surface area contributed by atoms with E-state index in [0.29, 0.717) is 19.5 Å². The Kier molecular flexibility index (Phi) is 5.74. The molecule has 2 saturated heterocycles. The summed E-state index contributed by atoms with van der Waals surface area (Å²) in [6.07, 6.45) is -2.96. The van der Waals surface area contributed by atoms with Crippen LogP contribution in [-0.4, -0.2) is 36.5 Å². The van der Waals surface area contributed by atoms with Crippen LogP contribution in [0.5, 0.6) is 0 Å². The first kappa shape index (κ1) is 20.0. The van der Waals surface area contributed by atoms with E-state index < -0.39 is 23.1 Å². The van der Waals surface area contributed by atoms with Crippen LogP contribution in [0, 0.1) is 5.41 Å². The van der Waals surface area contributed by atoms with Crippen LogP contribution in [0.2, 0.25) is 0 Å². The van der Waals surface area contributed by atoms with E-state index in [1.165, 1.54) is 6.07 Å². The molecule has 1 aromatic carbocycles. The molecule has 0 saturated carbocycles. The van der Waals surface area contributed by atoms with Crippen LogP contribution in [0.4, 0.5) is 13.2 Å². The molecule has 1 spiro atoms. The van der Waals surface area contributed by atoms with Gasteiger partial charge in [0.05, 0.1) is 11.0 Å². The van der Waals surface area contributed by atoms with Crippen LogP contribution < -0.4 is 5.32 Å². The third-order valence-electron chi connectivity index (χ3n) is 5.41. The average Bonchev–Trinajstić information content (AvgIpc) is 2.81. The lowest BCUT2D eigenvalue weighted by atomic mass is 9.68. The molecule has 0 aliphatic carbocycles. The number of carbonyl (C=O) groups excluding carboxylic acids is 1. The molecular formula is C18H24ClF3N2O. The summed E-state index contributed by atoms with van der Waals surface area (Å²) in [4.78, 5) is 14.8. The Labute approximate surface area is 152 Å². The Balaban J connectivity index is 0.00000225. The third-order valence-corrected chi connectivity index (χ3v) is 5.41. The average molecular weight is 377 g/mol. The van der Waals surface area contributed by atoms with Crippen molar-refractivity contribution in [2.45, 2.75) is 44.8 Å². The Morgan fingerprint density at radius 2 is 1.96 bits per heavy atom. The number of carbonyl (C=O) groups is 1. The van der Waals surface area contributed by atoms with Gasteiger partial charge in [0.1, 0.15) is 0 Å². The lowest BCUT2D eigenvalue weighted by molar-refractivity contribution is -0.141. The predicted octanol–water partition coefficient (Wildman–Crippen LogP) is 3.83. The molecule has 0 aromatic heterocycles. The summed E-state index contributed by atoms with van der Waals surface area (Å²) < 4.78 is 40.5. The van der Waals surface area contributed by atoms with E-state index in [-0.39, 0.29) is 29.9 Å². The van der Waals surface area contributed by atoms with Gasteiger partial charge in [-0.1, -0.05) is 18.2 Å². The van der Waals surface area contributed by atoms with Gasteiger partial charge in [0.15, 0.2) is 0 Å². The number of amides is 1. The minimum atomic E-state index is -4.41. The molecule has 1 amide bonds. The summed E-state index contributed by atoms with van der Waals surface area (Å²) in [6.45, 7) is 5.45. The number of likely N-dealkylation sites (tertiary alicyclic amines) is 1. The number of nitrogens with zero attached hydrogens (tertiary/aromatic N) is 1. The third kappa shape index (κ3) is 3.38. The lowest BCUT2D eigenvalue weighted by Gasteiger charge is -2.37. The molecule has 2 heterocycles. The SMILES string of the molecule is CC(C)N1CC(c2ccccc2C(F)(F)F)C2(CCCNC2)C1=O.Cl. The minimum Gasteiger partial charge on any atom is -0.339 e. The number of nitrogens with one attached hydrogen (secondary N) is 1. The Bertz CT molecular complexity index is 627. The molecule has 2 atom stereocenters. The monoisotopic (exact) mass is 376 g/mol. The molecule has 2 aliphatic heterocycles. The van der Waals surface area contributed by atoms with Crippen LogP contribution >= 0.6 is 12.4 Å². The first-order chi connectivity index (χ1) is 11.3. The number of halogens is 4. The quantitative estimate of drug-likeness (QED) is 0.850. The number of hydrogen-bond acceptors (Lipinski definition) is 2. The predicted molar refractivity (Wildman–Crippen MR) is 92.8 cm³/mol. The number of piperidine rings is 1. The second-order valence-corrected chi connectivity index (χ2v) is 7.13. The number of hydrogen-bond donors (Lipinski definition) is 1. The van der Waals surface area contributed by atoms with Crippen LogP contribution in [0.15, 0.2) is 24.3 Å². The van der Waals surface area contributed by atoms with E-state index in [1.54, 1.807) is 17.0 Å². The lowest BCUT2D eigenvalue weighted by Crippen LogP contribution is -2.48. The van der Waals surface area contributed by atoms with Crippen LogP contribution in [-0.2, 0) is 11.0 Å². The number of alkyl halides is 3. The zero-order valence-electron chi connectivity index (χ0n) is 14.4. The van der Waals surface area contributed by atoms with E-state index in [0.717, 1.165) is 19.0 Å². The Hall–Kier alpha value is -1.27. The van der Waals surface area contributed by atoms with Crippen LogP contribution in [0.25, 0.3) is 0 Å². The van der Waals surface area contributed by atoms with Crippen molar-refractivity contribution >= 4 is 18.3 Å². The molecule has 25 heavy (non-hydrogen) atoms. The van der Waals surface area contributed by atoms with Gasteiger partial charge in [-0.05, 0) is 44.9 Å². The Morgan fingerprint density at radius 1 is 1.28 bits per heavy atom. The molecule has 7 heteroatoms. The first-order valence-electron chi connectivity index (χ1n) is 8.45. The van der Waals surface area contributed by atoms with Gasteiger partial charge >= 0.3 is 6.18 Å². The van der Waals surface area contributed by atoms with Gasteiger partial charge in [-0.3, -0.25) is 4.79 Å². The minimum absolute atomic E-state index is 0. The molecular weight excluding hydrogens is 353 g/mol. The first-order valence-corrected chi connectivity index (χ1v) is 8.45. The summed E-state index contributed by atoms with van der Waals surface area (Å²) in [5.41, 5.74) is -1.12.